The van der Waals surface area contributed by atoms with E-state index < -0.39 is 6.04 Å². The third-order valence-corrected chi connectivity index (χ3v) is 6.36. The third kappa shape index (κ3) is 3.25. The van der Waals surface area contributed by atoms with Crippen LogP contribution in [-0.2, 0) is 9.59 Å². The molecule has 0 saturated carbocycles. The monoisotopic (exact) mass is 405 g/mol. The Balaban J connectivity index is 1.42. The molecule has 7 nitrogen and oxygen atoms in total. The highest BCUT2D eigenvalue weighted by molar-refractivity contribution is 6.10. The van der Waals surface area contributed by atoms with Crippen LogP contribution in [0.4, 0.5) is 5.69 Å². The van der Waals surface area contributed by atoms with Crippen molar-refractivity contribution < 1.29 is 19.7 Å². The molecule has 3 N–H and O–H groups in total. The summed E-state index contributed by atoms with van der Waals surface area (Å²) in [7, 11) is 0. The normalized spacial score (nSPS) is 23.5. The molecule has 0 spiro atoms. The zero-order chi connectivity index (χ0) is 20.7. The van der Waals surface area contributed by atoms with E-state index in [4.69, 9.17) is 0 Å². The van der Waals surface area contributed by atoms with Gasteiger partial charge in [-0.15, -0.1) is 0 Å². The number of nitrogens with zero attached hydrogens (tertiary/aromatic N) is 2. The van der Waals surface area contributed by atoms with Crippen LogP contribution in [0.5, 0.6) is 0 Å². The highest BCUT2D eigenvalue weighted by Crippen LogP contribution is 2.30. The molecule has 154 valence electrons. The smallest absolute Gasteiger partial charge is 0.280 e. The van der Waals surface area contributed by atoms with Gasteiger partial charge in [0, 0.05) is 25.9 Å². The first-order valence-electron chi connectivity index (χ1n) is 10.6. The van der Waals surface area contributed by atoms with E-state index in [1.54, 1.807) is 15.9 Å². The van der Waals surface area contributed by atoms with Gasteiger partial charge in [0.05, 0.1) is 24.3 Å². The number of fused-ring (bicyclic) bond motifs is 2. The van der Waals surface area contributed by atoms with Crippen LogP contribution in [0.25, 0.3) is 11.1 Å². The summed E-state index contributed by atoms with van der Waals surface area (Å²) in [6, 6.07) is 14.7. The Hall–Kier alpha value is -3.19. The minimum absolute atomic E-state index is 0.0493. The van der Waals surface area contributed by atoms with Gasteiger partial charge in [-0.25, -0.2) is 0 Å². The molecule has 0 unspecified atom stereocenters. The zero-order valence-corrected chi connectivity index (χ0v) is 16.7. The Bertz CT molecular complexity index is 1000. The van der Waals surface area contributed by atoms with Crippen molar-refractivity contribution >= 4 is 23.4 Å². The van der Waals surface area contributed by atoms with E-state index in [9.17, 15) is 14.4 Å². The number of carbonyl (C=O) groups is 3. The van der Waals surface area contributed by atoms with E-state index in [-0.39, 0.29) is 30.3 Å². The fourth-order valence-corrected chi connectivity index (χ4v) is 4.70. The van der Waals surface area contributed by atoms with Gasteiger partial charge < -0.3 is 20.4 Å². The second kappa shape index (κ2) is 7.57. The number of benzene rings is 2. The fourth-order valence-electron chi connectivity index (χ4n) is 4.70. The van der Waals surface area contributed by atoms with Crippen molar-refractivity contribution in [1.82, 2.24) is 9.80 Å². The van der Waals surface area contributed by atoms with E-state index in [0.717, 1.165) is 30.5 Å². The molecule has 5 rings (SSSR count). The molecule has 0 bridgehead atoms. The van der Waals surface area contributed by atoms with Crippen LogP contribution >= 0.6 is 0 Å². The molecule has 2 atom stereocenters. The Morgan fingerprint density at radius 1 is 1.03 bits per heavy atom. The molecule has 0 aromatic heterocycles. The number of piperazine rings is 1. The van der Waals surface area contributed by atoms with Crippen molar-refractivity contribution in [2.45, 2.75) is 24.9 Å². The number of nitrogens with one attached hydrogen (secondary N) is 1. The third-order valence-electron chi connectivity index (χ3n) is 6.36. The van der Waals surface area contributed by atoms with Crippen molar-refractivity contribution in [3.63, 3.8) is 0 Å². The lowest BCUT2D eigenvalue weighted by molar-refractivity contribution is -0.658. The summed E-state index contributed by atoms with van der Waals surface area (Å²) in [5.41, 5.74) is 2.97. The number of hydrogen-bond acceptors (Lipinski definition) is 3. The SMILES string of the molecule is O=C1Nc2ccc(-c3ccccc3)cc2C(=O)N2CCN(C(=O)[C@H]3CCC[NH2+]3)C[C@@H]12. The van der Waals surface area contributed by atoms with Gasteiger partial charge in [0.2, 0.25) is 5.91 Å². The van der Waals surface area contributed by atoms with Gasteiger partial charge in [-0.1, -0.05) is 36.4 Å². The van der Waals surface area contributed by atoms with Crippen LogP contribution in [-0.4, -0.2) is 65.8 Å². The van der Waals surface area contributed by atoms with E-state index in [1.165, 1.54) is 0 Å². The van der Waals surface area contributed by atoms with Crippen LogP contribution < -0.4 is 10.6 Å². The first kappa shape index (κ1) is 18.8. The Labute approximate surface area is 175 Å². The quantitative estimate of drug-likeness (QED) is 0.771. The molecule has 3 heterocycles. The van der Waals surface area contributed by atoms with Gasteiger partial charge >= 0.3 is 0 Å². The van der Waals surface area contributed by atoms with Crippen LogP contribution in [0, 0.1) is 0 Å². The molecular formula is C23H25N4O3+. The minimum Gasteiger partial charge on any atom is -0.336 e. The predicted octanol–water partition coefficient (Wildman–Crippen LogP) is 0.685. The maximum Gasteiger partial charge on any atom is 0.280 e. The number of carbonyl (C=O) groups excluding carboxylic acids is 3. The van der Waals surface area contributed by atoms with E-state index in [0.29, 0.717) is 24.3 Å². The van der Waals surface area contributed by atoms with Crippen molar-refractivity contribution in [2.24, 2.45) is 0 Å². The first-order valence-corrected chi connectivity index (χ1v) is 10.6. The van der Waals surface area contributed by atoms with E-state index in [2.05, 4.69) is 10.6 Å². The van der Waals surface area contributed by atoms with Gasteiger partial charge in [-0.05, 0) is 23.3 Å². The number of hydrogen-bond donors (Lipinski definition) is 2. The molecule has 3 amide bonds. The van der Waals surface area contributed by atoms with E-state index >= 15 is 0 Å². The lowest BCUT2D eigenvalue weighted by Gasteiger charge is -2.39. The summed E-state index contributed by atoms with van der Waals surface area (Å²) in [5.74, 6) is -0.311. The second-order valence-corrected chi connectivity index (χ2v) is 8.19. The van der Waals surface area contributed by atoms with Gasteiger partial charge in [-0.3, -0.25) is 14.4 Å². The highest BCUT2D eigenvalue weighted by atomic mass is 16.2. The fraction of sp³-hybridized carbons (Fsp3) is 0.348. The lowest BCUT2D eigenvalue weighted by atomic mass is 10.0. The molecule has 2 saturated heterocycles. The van der Waals surface area contributed by atoms with Gasteiger partial charge in [-0.2, -0.15) is 0 Å². The molecule has 7 heteroatoms. The summed E-state index contributed by atoms with van der Waals surface area (Å²) < 4.78 is 0. The summed E-state index contributed by atoms with van der Waals surface area (Å²) in [6.07, 6.45) is 1.92. The number of rotatable bonds is 2. The topological polar surface area (TPSA) is 86.3 Å². The van der Waals surface area contributed by atoms with Crippen molar-refractivity contribution in [2.75, 3.05) is 31.5 Å². The Morgan fingerprint density at radius 2 is 1.87 bits per heavy atom. The molecule has 2 fully saturated rings. The number of amides is 3. The average molecular weight is 405 g/mol. The minimum atomic E-state index is -0.663. The first-order chi connectivity index (χ1) is 14.6. The molecule has 3 aliphatic heterocycles. The maximum atomic E-state index is 13.4. The second-order valence-electron chi connectivity index (χ2n) is 8.19. The Morgan fingerprint density at radius 3 is 2.63 bits per heavy atom. The van der Waals surface area contributed by atoms with Crippen LogP contribution in [0.15, 0.2) is 48.5 Å². The highest BCUT2D eigenvalue weighted by Gasteiger charge is 2.42. The van der Waals surface area contributed by atoms with Crippen molar-refractivity contribution in [3.8, 4) is 11.1 Å². The van der Waals surface area contributed by atoms with Crippen molar-refractivity contribution in [3.05, 3.63) is 54.1 Å². The number of nitrogens with two attached hydrogens (primary N) is 1. The van der Waals surface area contributed by atoms with Gasteiger partial charge in [0.25, 0.3) is 11.8 Å². The maximum absolute atomic E-state index is 13.4. The number of quaternary nitrogens is 1. The molecule has 0 radical (unpaired) electrons. The lowest BCUT2D eigenvalue weighted by Crippen LogP contribution is -2.89. The van der Waals surface area contributed by atoms with Crippen LogP contribution in [0.2, 0.25) is 0 Å². The largest absolute Gasteiger partial charge is 0.336 e. The molecule has 2 aromatic rings. The molecular weight excluding hydrogens is 380 g/mol. The van der Waals surface area contributed by atoms with Crippen molar-refractivity contribution in [1.29, 1.82) is 0 Å². The molecule has 0 aliphatic carbocycles. The number of anilines is 1. The summed E-state index contributed by atoms with van der Waals surface area (Å²) in [5, 5.41) is 4.99. The molecule has 3 aliphatic rings. The molecule has 2 aromatic carbocycles. The predicted molar refractivity (Wildman–Crippen MR) is 112 cm³/mol. The summed E-state index contributed by atoms with van der Waals surface area (Å²) in [4.78, 5) is 42.5. The van der Waals surface area contributed by atoms with Gasteiger partial charge in [0.1, 0.15) is 6.04 Å². The van der Waals surface area contributed by atoms with Crippen LogP contribution in [0.1, 0.15) is 23.2 Å². The van der Waals surface area contributed by atoms with E-state index in [1.807, 2.05) is 42.5 Å². The summed E-state index contributed by atoms with van der Waals surface area (Å²) in [6.45, 7) is 2.05. The van der Waals surface area contributed by atoms with Crippen LogP contribution in [0.3, 0.4) is 0 Å². The standard InChI is InChI=1S/C23H24N4O3/c28-21-20-14-26(23(30)19-7-4-10-24-19)11-12-27(20)22(29)17-13-16(8-9-18(17)25-21)15-5-2-1-3-6-15/h1-3,5-6,8-9,13,19-20,24H,4,7,10-12,14H2,(H,25,28)/p+1/t19-,20+/m1/s1. The zero-order valence-electron chi connectivity index (χ0n) is 16.7. The Kier molecular flexibility index (Phi) is 4.75. The molecule has 30 heavy (non-hydrogen) atoms. The van der Waals surface area contributed by atoms with Gasteiger partial charge in [0.15, 0.2) is 6.04 Å². The summed E-state index contributed by atoms with van der Waals surface area (Å²) >= 11 is 0. The average Bonchev–Trinajstić information content (AvgIpc) is 3.30.